The van der Waals surface area contributed by atoms with Crippen LogP contribution in [0.3, 0.4) is 0 Å². The van der Waals surface area contributed by atoms with Crippen molar-refractivity contribution in [2.24, 2.45) is 0 Å². The van der Waals surface area contributed by atoms with Crippen LogP contribution < -0.4 is 4.74 Å². The van der Waals surface area contributed by atoms with Crippen molar-refractivity contribution in [2.45, 2.75) is 6.36 Å². The summed E-state index contributed by atoms with van der Waals surface area (Å²) in [5.74, 6) is -0.528. The molecular formula is C7H2F3IN2O. The minimum absolute atomic E-state index is 0.247. The molecule has 0 saturated heterocycles. The zero-order chi connectivity index (χ0) is 10.8. The molecule has 0 spiro atoms. The van der Waals surface area contributed by atoms with E-state index in [-0.39, 0.29) is 5.56 Å². The van der Waals surface area contributed by atoms with Crippen molar-refractivity contribution in [1.82, 2.24) is 4.98 Å². The van der Waals surface area contributed by atoms with Gasteiger partial charge >= 0.3 is 6.36 Å². The highest BCUT2D eigenvalue weighted by Gasteiger charge is 2.32. The van der Waals surface area contributed by atoms with Crippen LogP contribution in [0.4, 0.5) is 13.2 Å². The van der Waals surface area contributed by atoms with E-state index in [1.165, 1.54) is 0 Å². The van der Waals surface area contributed by atoms with Crippen molar-refractivity contribution in [3.63, 3.8) is 0 Å². The molecule has 0 radical (unpaired) electrons. The number of hydrogen-bond acceptors (Lipinski definition) is 3. The molecule has 0 amide bonds. The van der Waals surface area contributed by atoms with Crippen LogP contribution >= 0.6 is 22.6 Å². The van der Waals surface area contributed by atoms with Crippen molar-refractivity contribution in [1.29, 1.82) is 5.26 Å². The molecule has 7 heteroatoms. The summed E-state index contributed by atoms with van der Waals surface area (Å²) in [6.45, 7) is 0. The summed E-state index contributed by atoms with van der Waals surface area (Å²) in [6.07, 6.45) is -3.76. The van der Waals surface area contributed by atoms with Gasteiger partial charge in [0.25, 0.3) is 0 Å². The van der Waals surface area contributed by atoms with E-state index in [1.54, 1.807) is 28.7 Å². The Hall–Kier alpha value is -1.04. The van der Waals surface area contributed by atoms with Crippen LogP contribution in [-0.2, 0) is 0 Å². The molecule has 1 aromatic heterocycles. The molecular weight excluding hydrogens is 312 g/mol. The smallest absolute Gasteiger partial charge is 0.404 e. The average molecular weight is 314 g/mol. The Morgan fingerprint density at radius 1 is 1.50 bits per heavy atom. The second kappa shape index (κ2) is 4.00. The Balaban J connectivity index is 3.07. The zero-order valence-corrected chi connectivity index (χ0v) is 8.63. The Labute approximate surface area is 90.6 Å². The van der Waals surface area contributed by atoms with Crippen LogP contribution in [0.25, 0.3) is 0 Å². The lowest BCUT2D eigenvalue weighted by atomic mass is 10.3. The van der Waals surface area contributed by atoms with E-state index in [4.69, 9.17) is 5.26 Å². The van der Waals surface area contributed by atoms with Gasteiger partial charge in [0.2, 0.25) is 0 Å². The monoisotopic (exact) mass is 314 g/mol. The number of nitrogens with zero attached hydrogens (tertiary/aromatic N) is 2. The van der Waals surface area contributed by atoms with Crippen LogP contribution in [-0.4, -0.2) is 11.3 Å². The molecule has 1 aromatic rings. The molecule has 0 unspecified atom stereocenters. The highest BCUT2D eigenvalue weighted by atomic mass is 127. The van der Waals surface area contributed by atoms with E-state index in [0.717, 1.165) is 12.3 Å². The van der Waals surface area contributed by atoms with Gasteiger partial charge in [-0.1, -0.05) is 0 Å². The molecule has 0 saturated carbocycles. The molecule has 3 nitrogen and oxygen atoms in total. The molecule has 0 aliphatic rings. The molecule has 14 heavy (non-hydrogen) atoms. The molecule has 0 bridgehead atoms. The van der Waals surface area contributed by atoms with Crippen molar-refractivity contribution >= 4 is 22.6 Å². The molecule has 1 heterocycles. The van der Waals surface area contributed by atoms with Crippen molar-refractivity contribution < 1.29 is 17.9 Å². The number of nitriles is 1. The fourth-order valence-corrected chi connectivity index (χ4v) is 1.13. The summed E-state index contributed by atoms with van der Waals surface area (Å²) in [5, 5.41) is 8.47. The van der Waals surface area contributed by atoms with Crippen LogP contribution in [0.15, 0.2) is 12.3 Å². The molecule has 0 aromatic carbocycles. The number of alkyl halides is 3. The summed E-state index contributed by atoms with van der Waals surface area (Å²) in [5.41, 5.74) is -0.247. The lowest BCUT2D eigenvalue weighted by Gasteiger charge is -2.09. The highest BCUT2D eigenvalue weighted by molar-refractivity contribution is 14.1. The molecule has 0 fully saturated rings. The summed E-state index contributed by atoms with van der Waals surface area (Å²) < 4.78 is 39.5. The number of pyridine rings is 1. The fourth-order valence-electron chi connectivity index (χ4n) is 0.706. The topological polar surface area (TPSA) is 45.9 Å². The number of hydrogen-bond donors (Lipinski definition) is 0. The maximum atomic E-state index is 11.8. The van der Waals surface area contributed by atoms with Crippen LogP contribution in [0.5, 0.6) is 5.75 Å². The van der Waals surface area contributed by atoms with Gasteiger partial charge < -0.3 is 4.74 Å². The Bertz CT molecular complexity index is 386. The molecule has 0 aliphatic carbocycles. The molecule has 74 valence electrons. The fraction of sp³-hybridized carbons (Fsp3) is 0.143. The van der Waals surface area contributed by atoms with Crippen LogP contribution in [0.1, 0.15) is 5.56 Å². The van der Waals surface area contributed by atoms with Gasteiger partial charge in [0.1, 0.15) is 15.3 Å². The molecule has 0 N–H and O–H groups in total. The number of rotatable bonds is 1. The summed E-state index contributed by atoms with van der Waals surface area (Å²) >= 11 is 1.72. The van der Waals surface area contributed by atoms with Gasteiger partial charge in [0, 0.05) is 12.3 Å². The van der Waals surface area contributed by atoms with E-state index in [1.807, 2.05) is 0 Å². The second-order valence-electron chi connectivity index (χ2n) is 2.16. The van der Waals surface area contributed by atoms with Gasteiger partial charge in [-0.05, 0) is 22.6 Å². The van der Waals surface area contributed by atoms with E-state index < -0.39 is 12.1 Å². The zero-order valence-electron chi connectivity index (χ0n) is 6.47. The van der Waals surface area contributed by atoms with Gasteiger partial charge in [0.15, 0.2) is 5.75 Å². The standard InChI is InChI=1S/C7H2F3IN2O/c8-7(9,10)14-5-1-6(11)13-3-4(5)2-12/h1,3H. The average Bonchev–Trinajstić information content (AvgIpc) is 2.01. The minimum Gasteiger partial charge on any atom is -0.404 e. The summed E-state index contributed by atoms with van der Waals surface area (Å²) in [7, 11) is 0. The maximum absolute atomic E-state index is 11.8. The van der Waals surface area contributed by atoms with Crippen LogP contribution in [0, 0.1) is 15.0 Å². The van der Waals surface area contributed by atoms with Gasteiger partial charge in [0.05, 0.1) is 0 Å². The quantitative estimate of drug-likeness (QED) is 0.591. The van der Waals surface area contributed by atoms with Gasteiger partial charge in [-0.25, -0.2) is 4.98 Å². The SMILES string of the molecule is N#Cc1cnc(I)cc1OC(F)(F)F. The second-order valence-corrected chi connectivity index (χ2v) is 3.27. The number of ether oxygens (including phenoxy) is 1. The third kappa shape index (κ3) is 3.02. The third-order valence-electron chi connectivity index (χ3n) is 1.18. The van der Waals surface area contributed by atoms with Gasteiger partial charge in [-0.3, -0.25) is 0 Å². The normalized spacial score (nSPS) is 10.8. The Morgan fingerprint density at radius 3 is 2.64 bits per heavy atom. The predicted octanol–water partition coefficient (Wildman–Crippen LogP) is 2.46. The van der Waals surface area contributed by atoms with E-state index >= 15 is 0 Å². The first-order valence-electron chi connectivity index (χ1n) is 3.24. The first-order valence-corrected chi connectivity index (χ1v) is 4.31. The first kappa shape index (κ1) is 11.0. The van der Waals surface area contributed by atoms with Crippen molar-refractivity contribution in [3.05, 3.63) is 21.5 Å². The highest BCUT2D eigenvalue weighted by Crippen LogP contribution is 2.26. The van der Waals surface area contributed by atoms with Gasteiger partial charge in [-0.15, -0.1) is 13.2 Å². The maximum Gasteiger partial charge on any atom is 0.573 e. The minimum atomic E-state index is -4.80. The third-order valence-corrected chi connectivity index (χ3v) is 1.77. The van der Waals surface area contributed by atoms with Crippen molar-refractivity contribution in [3.8, 4) is 11.8 Å². The lowest BCUT2D eigenvalue weighted by Crippen LogP contribution is -2.18. The van der Waals surface area contributed by atoms with Crippen LogP contribution in [0.2, 0.25) is 0 Å². The summed E-state index contributed by atoms with van der Waals surface area (Å²) in [4.78, 5) is 3.66. The number of halogens is 4. The predicted molar refractivity (Wildman–Crippen MR) is 48.4 cm³/mol. The van der Waals surface area contributed by atoms with E-state index in [0.29, 0.717) is 3.70 Å². The van der Waals surface area contributed by atoms with E-state index in [2.05, 4.69) is 9.72 Å². The Morgan fingerprint density at radius 2 is 2.14 bits per heavy atom. The molecule has 0 aliphatic heterocycles. The van der Waals surface area contributed by atoms with Gasteiger partial charge in [-0.2, -0.15) is 5.26 Å². The first-order chi connectivity index (χ1) is 6.42. The van der Waals surface area contributed by atoms with Crippen molar-refractivity contribution in [2.75, 3.05) is 0 Å². The Kier molecular flexibility index (Phi) is 3.15. The summed E-state index contributed by atoms with van der Waals surface area (Å²) in [6, 6.07) is 2.60. The lowest BCUT2D eigenvalue weighted by molar-refractivity contribution is -0.274. The molecule has 1 rings (SSSR count). The largest absolute Gasteiger partial charge is 0.573 e. The van der Waals surface area contributed by atoms with E-state index in [9.17, 15) is 13.2 Å². The molecule has 0 atom stereocenters. The number of aromatic nitrogens is 1.